The third kappa shape index (κ3) is 4.44. The summed E-state index contributed by atoms with van der Waals surface area (Å²) in [4.78, 5) is 3.62. The van der Waals surface area contributed by atoms with Gasteiger partial charge in [-0.25, -0.2) is 14.6 Å². The number of pyridine rings is 1. The van der Waals surface area contributed by atoms with Crippen LogP contribution in [0.4, 0.5) is 14.6 Å². The quantitative estimate of drug-likeness (QED) is 0.428. The molecule has 4 nitrogen and oxygen atoms in total. The van der Waals surface area contributed by atoms with E-state index in [9.17, 15) is 8.78 Å². The third-order valence-electron chi connectivity index (χ3n) is 2.52. The Balaban J connectivity index is 2.42. The second kappa shape index (κ2) is 7.81. The van der Waals surface area contributed by atoms with Crippen LogP contribution >= 0.6 is 0 Å². The normalized spacial score (nSPS) is 10.4. The van der Waals surface area contributed by atoms with E-state index in [0.717, 1.165) is 19.3 Å². The molecule has 0 aliphatic carbocycles. The van der Waals surface area contributed by atoms with E-state index in [1.54, 1.807) is 0 Å². The Morgan fingerprint density at radius 1 is 1.22 bits per heavy atom. The van der Waals surface area contributed by atoms with E-state index in [1.807, 2.05) is 5.43 Å². The van der Waals surface area contributed by atoms with Crippen molar-refractivity contribution < 1.29 is 13.5 Å². The van der Waals surface area contributed by atoms with Crippen molar-refractivity contribution in [2.75, 3.05) is 12.0 Å². The van der Waals surface area contributed by atoms with E-state index in [0.29, 0.717) is 12.7 Å². The van der Waals surface area contributed by atoms with Crippen LogP contribution in [-0.4, -0.2) is 11.6 Å². The Morgan fingerprint density at radius 2 is 1.94 bits per heavy atom. The molecule has 0 amide bonds. The van der Waals surface area contributed by atoms with Crippen LogP contribution in [-0.2, 0) is 0 Å². The first-order valence-electron chi connectivity index (χ1n) is 6.14. The number of ether oxygens (including phenoxy) is 1. The van der Waals surface area contributed by atoms with Crippen LogP contribution in [0.3, 0.4) is 0 Å². The summed E-state index contributed by atoms with van der Waals surface area (Å²) in [6.07, 6.45) is 5.34. The molecule has 0 atom stereocenters. The predicted molar refractivity (Wildman–Crippen MR) is 66.2 cm³/mol. The van der Waals surface area contributed by atoms with E-state index in [2.05, 4.69) is 11.9 Å². The SMILES string of the molecule is CCCCCCCOc1nc(NN)c(F)cc1F. The number of aromatic nitrogens is 1. The number of nitrogens with zero attached hydrogens (tertiary/aromatic N) is 1. The van der Waals surface area contributed by atoms with Crippen LogP contribution in [0.5, 0.6) is 5.88 Å². The molecule has 0 aromatic carbocycles. The number of anilines is 1. The van der Waals surface area contributed by atoms with Gasteiger partial charge in [-0.1, -0.05) is 32.6 Å². The molecule has 0 bridgehead atoms. The summed E-state index contributed by atoms with van der Waals surface area (Å²) in [5.41, 5.74) is 2.05. The van der Waals surface area contributed by atoms with Gasteiger partial charge in [-0.3, -0.25) is 0 Å². The predicted octanol–water partition coefficient (Wildman–Crippen LogP) is 2.99. The van der Waals surface area contributed by atoms with Crippen LogP contribution in [0.15, 0.2) is 6.07 Å². The van der Waals surface area contributed by atoms with Gasteiger partial charge in [0.1, 0.15) is 0 Å². The van der Waals surface area contributed by atoms with Gasteiger partial charge in [0, 0.05) is 6.07 Å². The fraction of sp³-hybridized carbons (Fsp3) is 0.583. The molecular weight excluding hydrogens is 240 g/mol. The Hall–Kier alpha value is -1.43. The average molecular weight is 259 g/mol. The van der Waals surface area contributed by atoms with Crippen LogP contribution in [0, 0.1) is 11.6 Å². The molecule has 1 aromatic rings. The zero-order chi connectivity index (χ0) is 13.4. The Kier molecular flexibility index (Phi) is 6.35. The lowest BCUT2D eigenvalue weighted by molar-refractivity contribution is 0.277. The summed E-state index contributed by atoms with van der Waals surface area (Å²) >= 11 is 0. The molecule has 3 N–H and O–H groups in total. The lowest BCUT2D eigenvalue weighted by Crippen LogP contribution is -2.12. The van der Waals surface area contributed by atoms with Gasteiger partial charge < -0.3 is 10.2 Å². The average Bonchev–Trinajstić information content (AvgIpc) is 2.36. The van der Waals surface area contributed by atoms with E-state index in [1.165, 1.54) is 12.8 Å². The minimum atomic E-state index is -0.842. The largest absolute Gasteiger partial charge is 0.476 e. The Bertz CT molecular complexity index is 375. The number of nitrogens with one attached hydrogen (secondary N) is 1. The molecule has 1 aromatic heterocycles. The fourth-order valence-electron chi connectivity index (χ4n) is 1.53. The summed E-state index contributed by atoms with van der Waals surface area (Å²) in [5, 5.41) is 0. The number of rotatable bonds is 8. The second-order valence-corrected chi connectivity index (χ2v) is 4.01. The highest BCUT2D eigenvalue weighted by Crippen LogP contribution is 2.20. The van der Waals surface area contributed by atoms with Crippen molar-refractivity contribution in [2.24, 2.45) is 5.84 Å². The number of nitrogens with two attached hydrogens (primary N) is 1. The Labute approximate surface area is 106 Å². The van der Waals surface area contributed by atoms with Gasteiger partial charge in [0.25, 0.3) is 5.88 Å². The molecule has 0 aliphatic rings. The lowest BCUT2D eigenvalue weighted by atomic mass is 10.2. The zero-order valence-corrected chi connectivity index (χ0v) is 10.5. The number of hydrogen-bond donors (Lipinski definition) is 2. The molecule has 0 radical (unpaired) electrons. The van der Waals surface area contributed by atoms with Crippen LogP contribution in [0.2, 0.25) is 0 Å². The number of nitrogen functional groups attached to an aromatic ring is 1. The monoisotopic (exact) mass is 259 g/mol. The fourth-order valence-corrected chi connectivity index (χ4v) is 1.53. The van der Waals surface area contributed by atoms with E-state index >= 15 is 0 Å². The second-order valence-electron chi connectivity index (χ2n) is 4.01. The molecule has 18 heavy (non-hydrogen) atoms. The maximum atomic E-state index is 13.3. The van der Waals surface area contributed by atoms with Crippen molar-refractivity contribution >= 4 is 5.82 Å². The molecule has 0 saturated heterocycles. The topological polar surface area (TPSA) is 60.2 Å². The summed E-state index contributed by atoms with van der Waals surface area (Å²) in [6.45, 7) is 2.50. The van der Waals surface area contributed by atoms with Crippen molar-refractivity contribution in [3.63, 3.8) is 0 Å². The first-order valence-corrected chi connectivity index (χ1v) is 6.14. The van der Waals surface area contributed by atoms with E-state index < -0.39 is 11.6 Å². The summed E-state index contributed by atoms with van der Waals surface area (Å²) in [6, 6.07) is 0.703. The van der Waals surface area contributed by atoms with Crippen molar-refractivity contribution in [3.8, 4) is 5.88 Å². The minimum absolute atomic E-state index is 0.222. The minimum Gasteiger partial charge on any atom is -0.476 e. The highest BCUT2D eigenvalue weighted by molar-refractivity contribution is 5.38. The zero-order valence-electron chi connectivity index (χ0n) is 10.5. The maximum Gasteiger partial charge on any atom is 0.252 e. The van der Waals surface area contributed by atoms with Crippen molar-refractivity contribution in [2.45, 2.75) is 39.0 Å². The van der Waals surface area contributed by atoms with Crippen molar-refractivity contribution in [3.05, 3.63) is 17.7 Å². The number of halogens is 2. The van der Waals surface area contributed by atoms with Crippen LogP contribution < -0.4 is 16.0 Å². The standard InChI is InChI=1S/C12H19F2N3O/c1-2-3-4-5-6-7-18-12-10(14)8-9(13)11(16-12)17-15/h8H,2-7,15H2,1H3,(H,16,17). The molecule has 102 valence electrons. The first kappa shape index (κ1) is 14.6. The van der Waals surface area contributed by atoms with E-state index in [-0.39, 0.29) is 11.7 Å². The van der Waals surface area contributed by atoms with Gasteiger partial charge in [-0.2, -0.15) is 4.98 Å². The van der Waals surface area contributed by atoms with Gasteiger partial charge in [-0.05, 0) is 6.42 Å². The van der Waals surface area contributed by atoms with Gasteiger partial charge in [0.05, 0.1) is 6.61 Å². The first-order chi connectivity index (χ1) is 8.69. The molecule has 1 rings (SSSR count). The molecule has 6 heteroatoms. The highest BCUT2D eigenvalue weighted by Gasteiger charge is 2.11. The number of unbranched alkanes of at least 4 members (excludes halogenated alkanes) is 4. The molecule has 0 saturated carbocycles. The smallest absolute Gasteiger partial charge is 0.252 e. The van der Waals surface area contributed by atoms with Gasteiger partial charge in [0.2, 0.25) is 0 Å². The molecule has 0 unspecified atom stereocenters. The molecular formula is C12H19F2N3O. The van der Waals surface area contributed by atoms with Crippen molar-refractivity contribution in [1.82, 2.24) is 4.98 Å². The van der Waals surface area contributed by atoms with Gasteiger partial charge in [0.15, 0.2) is 17.5 Å². The summed E-state index contributed by atoms with van der Waals surface area (Å²) in [7, 11) is 0. The summed E-state index contributed by atoms with van der Waals surface area (Å²) in [5.74, 6) is 2.94. The van der Waals surface area contributed by atoms with Crippen molar-refractivity contribution in [1.29, 1.82) is 0 Å². The summed E-state index contributed by atoms with van der Waals surface area (Å²) < 4.78 is 31.5. The molecule has 0 aliphatic heterocycles. The highest BCUT2D eigenvalue weighted by atomic mass is 19.1. The lowest BCUT2D eigenvalue weighted by Gasteiger charge is -2.08. The van der Waals surface area contributed by atoms with E-state index in [4.69, 9.17) is 10.6 Å². The number of hydrogen-bond acceptors (Lipinski definition) is 4. The maximum absolute atomic E-state index is 13.3. The number of hydrazine groups is 1. The van der Waals surface area contributed by atoms with Crippen LogP contribution in [0.25, 0.3) is 0 Å². The Morgan fingerprint density at radius 3 is 2.61 bits per heavy atom. The van der Waals surface area contributed by atoms with Crippen LogP contribution in [0.1, 0.15) is 39.0 Å². The van der Waals surface area contributed by atoms with Gasteiger partial charge in [-0.15, -0.1) is 0 Å². The van der Waals surface area contributed by atoms with Gasteiger partial charge >= 0.3 is 0 Å². The molecule has 1 heterocycles. The third-order valence-corrected chi connectivity index (χ3v) is 2.52. The molecule has 0 fully saturated rings. The molecule has 0 spiro atoms.